The third kappa shape index (κ3) is 3.83. The van der Waals surface area contributed by atoms with Crippen molar-refractivity contribution >= 4 is 11.7 Å². The van der Waals surface area contributed by atoms with Crippen molar-refractivity contribution in [3.63, 3.8) is 0 Å². The van der Waals surface area contributed by atoms with Crippen molar-refractivity contribution in [3.8, 4) is 5.95 Å². The van der Waals surface area contributed by atoms with Crippen LogP contribution in [-0.2, 0) is 5.54 Å². The average Bonchev–Trinajstić information content (AvgIpc) is 3.46. The largest absolute Gasteiger partial charge is 0.330 e. The maximum atomic E-state index is 13.0. The minimum absolute atomic E-state index is 0.0118. The number of hydrogen-bond donors (Lipinski definition) is 1. The van der Waals surface area contributed by atoms with E-state index in [2.05, 4.69) is 88.8 Å². The molecule has 1 saturated heterocycles. The Bertz CT molecular complexity index is 1150. The average molecular weight is 461 g/mol. The Balaban J connectivity index is 1.31. The molecule has 3 heterocycles. The normalized spacial score (nSPS) is 24.9. The van der Waals surface area contributed by atoms with Gasteiger partial charge in [0.2, 0.25) is 0 Å². The number of nitrogens with one attached hydrogen (secondary N) is 1. The molecule has 9 heteroatoms. The maximum Gasteiger partial charge on any atom is 0.322 e. The molecule has 1 aromatic carbocycles. The minimum atomic E-state index is -0.234. The quantitative estimate of drug-likeness (QED) is 0.627. The molecule has 9 nitrogen and oxygen atoms in total. The monoisotopic (exact) mass is 460 g/mol. The number of hydrogen-bond acceptors (Lipinski definition) is 6. The van der Waals surface area contributed by atoms with E-state index in [0.29, 0.717) is 18.2 Å². The number of aromatic nitrogens is 5. The van der Waals surface area contributed by atoms with Crippen molar-refractivity contribution in [2.24, 2.45) is 0 Å². The molecule has 1 spiro atoms. The SMILES string of the molecule is CC(C)c1cn(-c2ncc(N3CC4(CCC(c5ccccc5)(N(C)C)CC4)NC3=O)cn2)nn1. The van der Waals surface area contributed by atoms with Gasteiger partial charge in [-0.3, -0.25) is 9.80 Å². The molecule has 2 aliphatic rings. The van der Waals surface area contributed by atoms with E-state index in [1.807, 2.05) is 6.20 Å². The first-order valence-corrected chi connectivity index (χ1v) is 11.9. The molecular weight excluding hydrogens is 428 g/mol. The van der Waals surface area contributed by atoms with Gasteiger partial charge < -0.3 is 5.32 Å². The van der Waals surface area contributed by atoms with Crippen LogP contribution in [0.1, 0.15) is 56.7 Å². The minimum Gasteiger partial charge on any atom is -0.330 e. The number of anilines is 1. The number of urea groups is 1. The molecule has 3 aromatic rings. The fourth-order valence-electron chi connectivity index (χ4n) is 5.30. The van der Waals surface area contributed by atoms with Crippen LogP contribution in [0.2, 0.25) is 0 Å². The number of nitrogens with zero attached hydrogens (tertiary/aromatic N) is 7. The summed E-state index contributed by atoms with van der Waals surface area (Å²) in [6.45, 7) is 4.75. The van der Waals surface area contributed by atoms with Gasteiger partial charge in [0.15, 0.2) is 0 Å². The molecule has 1 N–H and O–H groups in total. The lowest BCUT2D eigenvalue weighted by Gasteiger charge is -2.48. The Morgan fingerprint density at radius 2 is 1.71 bits per heavy atom. The Hall–Kier alpha value is -3.33. The van der Waals surface area contributed by atoms with E-state index in [1.165, 1.54) is 5.56 Å². The highest BCUT2D eigenvalue weighted by Gasteiger charge is 2.50. The lowest BCUT2D eigenvalue weighted by Crippen LogP contribution is -2.54. The van der Waals surface area contributed by atoms with Crippen LogP contribution in [0.4, 0.5) is 10.5 Å². The van der Waals surface area contributed by atoms with Crippen molar-refractivity contribution in [1.29, 1.82) is 0 Å². The van der Waals surface area contributed by atoms with E-state index in [1.54, 1.807) is 22.0 Å². The fourth-order valence-corrected chi connectivity index (χ4v) is 5.30. The molecule has 1 aliphatic carbocycles. The van der Waals surface area contributed by atoms with Gasteiger partial charge in [-0.2, -0.15) is 4.68 Å². The summed E-state index contributed by atoms with van der Waals surface area (Å²) < 4.78 is 1.57. The van der Waals surface area contributed by atoms with E-state index < -0.39 is 0 Å². The van der Waals surface area contributed by atoms with E-state index in [-0.39, 0.29) is 23.0 Å². The predicted octanol–water partition coefficient (Wildman–Crippen LogP) is 3.48. The molecule has 0 unspecified atom stereocenters. The molecule has 1 aliphatic heterocycles. The zero-order valence-corrected chi connectivity index (χ0v) is 20.3. The first-order chi connectivity index (χ1) is 16.3. The van der Waals surface area contributed by atoms with Crippen LogP contribution >= 0.6 is 0 Å². The molecule has 178 valence electrons. The fraction of sp³-hybridized carbons (Fsp3) is 0.480. The maximum absolute atomic E-state index is 13.0. The van der Waals surface area contributed by atoms with E-state index in [4.69, 9.17) is 0 Å². The number of amides is 2. The molecular formula is C25H32N8O. The lowest BCUT2D eigenvalue weighted by molar-refractivity contribution is 0.0658. The van der Waals surface area contributed by atoms with Gasteiger partial charge in [0.05, 0.1) is 42.1 Å². The third-order valence-corrected chi connectivity index (χ3v) is 7.52. The van der Waals surface area contributed by atoms with Gasteiger partial charge in [0.1, 0.15) is 0 Å². The Morgan fingerprint density at radius 3 is 2.29 bits per heavy atom. The summed E-state index contributed by atoms with van der Waals surface area (Å²) >= 11 is 0. The van der Waals surface area contributed by atoms with Crippen LogP contribution in [0.15, 0.2) is 48.9 Å². The number of carbonyl (C=O) groups is 1. The summed E-state index contributed by atoms with van der Waals surface area (Å²) in [5, 5.41) is 11.6. The number of carbonyl (C=O) groups excluding carboxylic acids is 1. The first-order valence-electron chi connectivity index (χ1n) is 11.9. The van der Waals surface area contributed by atoms with Gasteiger partial charge in [-0.1, -0.05) is 49.4 Å². The van der Waals surface area contributed by atoms with Crippen molar-refractivity contribution in [1.82, 2.24) is 35.2 Å². The Labute approximate surface area is 200 Å². The summed E-state index contributed by atoms with van der Waals surface area (Å²) in [5.41, 5.74) is 2.67. The van der Waals surface area contributed by atoms with Gasteiger partial charge in [-0.05, 0) is 51.3 Å². The van der Waals surface area contributed by atoms with Crippen molar-refractivity contribution in [2.75, 3.05) is 25.5 Å². The van der Waals surface area contributed by atoms with Crippen molar-refractivity contribution in [2.45, 2.75) is 56.5 Å². The van der Waals surface area contributed by atoms with Crippen LogP contribution in [-0.4, -0.2) is 62.1 Å². The zero-order chi connectivity index (χ0) is 23.9. The first kappa shape index (κ1) is 22.5. The highest BCUT2D eigenvalue weighted by Crippen LogP contribution is 2.46. The second-order valence-electron chi connectivity index (χ2n) is 10.1. The smallest absolute Gasteiger partial charge is 0.322 e. The van der Waals surface area contributed by atoms with Crippen molar-refractivity contribution < 1.29 is 4.79 Å². The molecule has 2 amide bonds. The van der Waals surface area contributed by atoms with Gasteiger partial charge in [-0.25, -0.2) is 14.8 Å². The molecule has 2 aromatic heterocycles. The summed E-state index contributed by atoms with van der Waals surface area (Å²) in [5.74, 6) is 0.717. The second kappa shape index (κ2) is 8.47. The highest BCUT2D eigenvalue weighted by molar-refractivity contribution is 5.95. The molecule has 5 rings (SSSR count). The Morgan fingerprint density at radius 1 is 1.03 bits per heavy atom. The van der Waals surface area contributed by atoms with Gasteiger partial charge in [0, 0.05) is 5.54 Å². The number of rotatable bonds is 5. The molecule has 0 atom stereocenters. The predicted molar refractivity (Wildman–Crippen MR) is 130 cm³/mol. The zero-order valence-electron chi connectivity index (χ0n) is 20.3. The van der Waals surface area contributed by atoms with E-state index >= 15 is 0 Å². The van der Waals surface area contributed by atoms with Crippen LogP contribution in [0.3, 0.4) is 0 Å². The van der Waals surface area contributed by atoms with Crippen LogP contribution in [0.25, 0.3) is 5.95 Å². The molecule has 34 heavy (non-hydrogen) atoms. The Kier molecular flexibility index (Phi) is 5.59. The second-order valence-corrected chi connectivity index (χ2v) is 10.1. The summed E-state index contributed by atoms with van der Waals surface area (Å²) in [6, 6.07) is 10.6. The van der Waals surface area contributed by atoms with Gasteiger partial charge in [-0.15, -0.1) is 5.10 Å². The highest BCUT2D eigenvalue weighted by atomic mass is 16.2. The van der Waals surface area contributed by atoms with E-state index in [0.717, 1.165) is 31.4 Å². The summed E-state index contributed by atoms with van der Waals surface area (Å²) in [4.78, 5) is 25.9. The number of benzene rings is 1. The summed E-state index contributed by atoms with van der Waals surface area (Å²) in [7, 11) is 4.31. The van der Waals surface area contributed by atoms with E-state index in [9.17, 15) is 4.79 Å². The molecule has 0 bridgehead atoms. The van der Waals surface area contributed by atoms with Gasteiger partial charge >= 0.3 is 6.03 Å². The van der Waals surface area contributed by atoms with Crippen molar-refractivity contribution in [3.05, 3.63) is 60.2 Å². The summed E-state index contributed by atoms with van der Waals surface area (Å²) in [6.07, 6.45) is 9.01. The molecule has 0 radical (unpaired) electrons. The third-order valence-electron chi connectivity index (χ3n) is 7.52. The van der Waals surface area contributed by atoms with Crippen LogP contribution in [0, 0.1) is 0 Å². The topological polar surface area (TPSA) is 92.1 Å². The molecule has 1 saturated carbocycles. The standard InChI is InChI=1S/C25H32N8O/c1-18(2)21-16-33(30-29-21)22-26-14-20(15-27-22)32-17-24(28-23(32)34)10-12-25(13-11-24,31(3)4)19-8-6-5-7-9-19/h5-9,14-16,18H,10-13,17H2,1-4H3,(H,28,34). The molecule has 2 fully saturated rings. The van der Waals surface area contributed by atoms with Crippen LogP contribution in [0.5, 0.6) is 0 Å². The lowest BCUT2D eigenvalue weighted by atomic mass is 9.69. The van der Waals surface area contributed by atoms with Gasteiger partial charge in [0.25, 0.3) is 5.95 Å². The van der Waals surface area contributed by atoms with Crippen LogP contribution < -0.4 is 10.2 Å².